The molecular weight excluding hydrogens is 212 g/mol. The first kappa shape index (κ1) is 12.9. The molecule has 17 heavy (non-hydrogen) atoms. The van der Waals surface area contributed by atoms with Gasteiger partial charge in [-0.15, -0.1) is 0 Å². The SMILES string of the molecule is CCCC1CCC(CCC2CC2)(C(=O)O)CC1. The Morgan fingerprint density at radius 3 is 2.18 bits per heavy atom. The van der Waals surface area contributed by atoms with Crippen molar-refractivity contribution < 1.29 is 9.90 Å². The van der Waals surface area contributed by atoms with Gasteiger partial charge in [-0.3, -0.25) is 4.79 Å². The van der Waals surface area contributed by atoms with Gasteiger partial charge in [-0.25, -0.2) is 0 Å². The highest BCUT2D eigenvalue weighted by molar-refractivity contribution is 5.74. The zero-order chi connectivity index (χ0) is 12.3. The van der Waals surface area contributed by atoms with E-state index in [9.17, 15) is 9.90 Å². The van der Waals surface area contributed by atoms with Crippen molar-refractivity contribution in [2.45, 2.75) is 71.1 Å². The van der Waals surface area contributed by atoms with Crippen LogP contribution in [0.3, 0.4) is 0 Å². The summed E-state index contributed by atoms with van der Waals surface area (Å²) in [5, 5.41) is 9.54. The fraction of sp³-hybridized carbons (Fsp3) is 0.933. The summed E-state index contributed by atoms with van der Waals surface area (Å²) in [6, 6.07) is 0. The molecule has 0 saturated heterocycles. The van der Waals surface area contributed by atoms with Crippen molar-refractivity contribution >= 4 is 5.97 Å². The third-order valence-electron chi connectivity index (χ3n) is 4.94. The van der Waals surface area contributed by atoms with E-state index in [0.717, 1.165) is 50.4 Å². The van der Waals surface area contributed by atoms with Crippen LogP contribution in [0.5, 0.6) is 0 Å². The van der Waals surface area contributed by atoms with E-state index in [4.69, 9.17) is 0 Å². The number of carboxylic acid groups (broad SMARTS) is 1. The molecule has 0 aromatic carbocycles. The fourth-order valence-corrected chi connectivity index (χ4v) is 3.38. The van der Waals surface area contributed by atoms with E-state index in [0.29, 0.717) is 0 Å². The first-order valence-corrected chi connectivity index (χ1v) is 7.39. The summed E-state index contributed by atoms with van der Waals surface area (Å²) in [5.41, 5.74) is -0.354. The average Bonchev–Trinajstić information content (AvgIpc) is 3.12. The Morgan fingerprint density at radius 1 is 1.12 bits per heavy atom. The Hall–Kier alpha value is -0.530. The van der Waals surface area contributed by atoms with Crippen molar-refractivity contribution in [2.24, 2.45) is 17.3 Å². The van der Waals surface area contributed by atoms with Gasteiger partial charge in [-0.05, 0) is 50.4 Å². The minimum atomic E-state index is -0.520. The molecule has 0 spiro atoms. The first-order valence-electron chi connectivity index (χ1n) is 7.39. The average molecular weight is 238 g/mol. The standard InChI is InChI=1S/C15H26O2/c1-2-3-12-6-9-15(10-7-12,14(16)17)11-8-13-4-5-13/h12-13H,2-11H2,1H3,(H,16,17). The Kier molecular flexibility index (Phi) is 4.11. The molecule has 2 nitrogen and oxygen atoms in total. The third-order valence-corrected chi connectivity index (χ3v) is 4.94. The molecule has 2 aliphatic carbocycles. The molecule has 98 valence electrons. The Balaban J connectivity index is 1.87. The molecule has 2 rings (SSSR count). The molecule has 2 heteroatoms. The van der Waals surface area contributed by atoms with Crippen LogP contribution in [0.15, 0.2) is 0 Å². The van der Waals surface area contributed by atoms with E-state index in [1.807, 2.05) is 0 Å². The van der Waals surface area contributed by atoms with Crippen LogP contribution >= 0.6 is 0 Å². The zero-order valence-corrected chi connectivity index (χ0v) is 11.1. The van der Waals surface area contributed by atoms with Crippen LogP contribution in [0.4, 0.5) is 0 Å². The number of hydrogen-bond acceptors (Lipinski definition) is 1. The van der Waals surface area contributed by atoms with Gasteiger partial charge < -0.3 is 5.11 Å². The van der Waals surface area contributed by atoms with Crippen LogP contribution in [0, 0.1) is 17.3 Å². The summed E-state index contributed by atoms with van der Waals surface area (Å²) in [6.45, 7) is 2.23. The summed E-state index contributed by atoms with van der Waals surface area (Å²) in [7, 11) is 0. The molecule has 0 bridgehead atoms. The molecule has 0 aliphatic heterocycles. The predicted octanol–water partition coefficient (Wildman–Crippen LogP) is 4.24. The molecule has 0 atom stereocenters. The van der Waals surface area contributed by atoms with Gasteiger partial charge in [0, 0.05) is 0 Å². The molecule has 0 aromatic heterocycles. The quantitative estimate of drug-likeness (QED) is 0.751. The van der Waals surface area contributed by atoms with Crippen molar-refractivity contribution in [1.29, 1.82) is 0 Å². The highest BCUT2D eigenvalue weighted by atomic mass is 16.4. The first-order chi connectivity index (χ1) is 8.16. The predicted molar refractivity (Wildman–Crippen MR) is 68.9 cm³/mol. The molecular formula is C15H26O2. The van der Waals surface area contributed by atoms with Gasteiger partial charge in [-0.1, -0.05) is 32.6 Å². The Bertz CT molecular complexity index is 260. The number of rotatable bonds is 6. The lowest BCUT2D eigenvalue weighted by molar-refractivity contribution is -0.152. The van der Waals surface area contributed by atoms with Gasteiger partial charge in [0.2, 0.25) is 0 Å². The van der Waals surface area contributed by atoms with E-state index in [1.54, 1.807) is 0 Å². The molecule has 2 aliphatic rings. The van der Waals surface area contributed by atoms with Gasteiger partial charge in [0.05, 0.1) is 5.41 Å². The Labute approximate surface area is 105 Å². The van der Waals surface area contributed by atoms with Crippen LogP contribution in [0.25, 0.3) is 0 Å². The summed E-state index contributed by atoms with van der Waals surface area (Å²) < 4.78 is 0. The smallest absolute Gasteiger partial charge is 0.309 e. The molecule has 0 heterocycles. The van der Waals surface area contributed by atoms with Crippen LogP contribution < -0.4 is 0 Å². The topological polar surface area (TPSA) is 37.3 Å². The van der Waals surface area contributed by atoms with E-state index < -0.39 is 5.97 Å². The second-order valence-corrected chi connectivity index (χ2v) is 6.30. The maximum atomic E-state index is 11.6. The third kappa shape index (κ3) is 3.23. The van der Waals surface area contributed by atoms with Crippen molar-refractivity contribution in [3.63, 3.8) is 0 Å². The lowest BCUT2D eigenvalue weighted by Gasteiger charge is -2.37. The van der Waals surface area contributed by atoms with Crippen LogP contribution in [-0.2, 0) is 4.79 Å². The van der Waals surface area contributed by atoms with Crippen molar-refractivity contribution in [1.82, 2.24) is 0 Å². The van der Waals surface area contributed by atoms with Gasteiger partial charge in [0.1, 0.15) is 0 Å². The highest BCUT2D eigenvalue weighted by Crippen LogP contribution is 2.46. The maximum Gasteiger partial charge on any atom is 0.309 e. The number of carbonyl (C=O) groups is 1. The molecule has 2 fully saturated rings. The minimum absolute atomic E-state index is 0.354. The fourth-order valence-electron chi connectivity index (χ4n) is 3.38. The molecule has 2 saturated carbocycles. The summed E-state index contributed by atoms with van der Waals surface area (Å²) >= 11 is 0. The molecule has 0 radical (unpaired) electrons. The van der Waals surface area contributed by atoms with E-state index in [-0.39, 0.29) is 5.41 Å². The lowest BCUT2D eigenvalue weighted by Crippen LogP contribution is -2.35. The maximum absolute atomic E-state index is 11.6. The number of hydrogen-bond donors (Lipinski definition) is 1. The zero-order valence-electron chi connectivity index (χ0n) is 11.1. The van der Waals surface area contributed by atoms with Crippen molar-refractivity contribution in [2.75, 3.05) is 0 Å². The molecule has 0 amide bonds. The summed E-state index contributed by atoms with van der Waals surface area (Å²) in [6.07, 6.45) is 11.5. The molecule has 1 N–H and O–H groups in total. The van der Waals surface area contributed by atoms with Crippen molar-refractivity contribution in [3.8, 4) is 0 Å². The van der Waals surface area contributed by atoms with E-state index >= 15 is 0 Å². The van der Waals surface area contributed by atoms with Crippen LogP contribution in [0.1, 0.15) is 71.1 Å². The monoisotopic (exact) mass is 238 g/mol. The van der Waals surface area contributed by atoms with Crippen LogP contribution in [-0.4, -0.2) is 11.1 Å². The summed E-state index contributed by atoms with van der Waals surface area (Å²) in [4.78, 5) is 11.6. The number of carboxylic acids is 1. The van der Waals surface area contributed by atoms with Crippen LogP contribution in [0.2, 0.25) is 0 Å². The van der Waals surface area contributed by atoms with Gasteiger partial charge >= 0.3 is 5.97 Å². The number of aliphatic carboxylic acids is 1. The normalized spacial score (nSPS) is 33.6. The molecule has 0 aromatic rings. The second-order valence-electron chi connectivity index (χ2n) is 6.30. The Morgan fingerprint density at radius 2 is 1.71 bits per heavy atom. The minimum Gasteiger partial charge on any atom is -0.481 e. The van der Waals surface area contributed by atoms with Gasteiger partial charge in [0.15, 0.2) is 0 Å². The van der Waals surface area contributed by atoms with Gasteiger partial charge in [0.25, 0.3) is 0 Å². The van der Waals surface area contributed by atoms with Crippen molar-refractivity contribution in [3.05, 3.63) is 0 Å². The van der Waals surface area contributed by atoms with E-state index in [1.165, 1.54) is 25.7 Å². The van der Waals surface area contributed by atoms with Gasteiger partial charge in [-0.2, -0.15) is 0 Å². The largest absolute Gasteiger partial charge is 0.481 e. The van der Waals surface area contributed by atoms with E-state index in [2.05, 4.69) is 6.92 Å². The summed E-state index contributed by atoms with van der Waals surface area (Å²) in [5.74, 6) is 1.14. The lowest BCUT2D eigenvalue weighted by atomic mass is 9.67. The molecule has 0 unspecified atom stereocenters. The highest BCUT2D eigenvalue weighted by Gasteiger charge is 2.42. The second kappa shape index (κ2) is 5.41.